The Kier molecular flexibility index (Phi) is 8.65. The lowest BCUT2D eigenvalue weighted by atomic mass is 10.0. The lowest BCUT2D eigenvalue weighted by Crippen LogP contribution is -2.44. The number of amides is 1. The molecule has 0 aliphatic carbocycles. The molecule has 236 valence electrons. The molecule has 46 heavy (non-hydrogen) atoms. The van der Waals surface area contributed by atoms with Gasteiger partial charge >= 0.3 is 6.09 Å². The number of anilines is 3. The van der Waals surface area contributed by atoms with Gasteiger partial charge in [-0.1, -0.05) is 35.9 Å². The van der Waals surface area contributed by atoms with Gasteiger partial charge < -0.3 is 20.1 Å². The number of aryl methyl sites for hydroxylation is 1. The summed E-state index contributed by atoms with van der Waals surface area (Å²) in [6, 6.07) is 21.1. The molecule has 5 aromatic rings. The summed E-state index contributed by atoms with van der Waals surface area (Å²) in [7, 11) is -3.74. The molecule has 0 saturated carbocycles. The molecular formula is C33H31ClN6O5S. The number of benzene rings is 3. The standard InChI is InChI=1S/C33H31ClN6O5S/c1-21-10-15-25-26(7-3-9-29(25)40(46(2,43)44)24-13-11-22(34)12-14-24)30(21)45-31-27(8-4-17-35-31)28-16-18-36-32(38-28)37-23-6-5-19-39(20-23)33(41)42/h3-4,7-18,23H,5-6,19-20H2,1-2H3,(H,41,42)(H,36,37,38). The Labute approximate surface area is 271 Å². The second-order valence-electron chi connectivity index (χ2n) is 11.0. The number of rotatable bonds is 8. The second kappa shape index (κ2) is 12.8. The van der Waals surface area contributed by atoms with Crippen LogP contribution in [0, 0.1) is 6.92 Å². The van der Waals surface area contributed by atoms with E-state index in [1.54, 1.807) is 60.9 Å². The van der Waals surface area contributed by atoms with Crippen LogP contribution in [0.2, 0.25) is 5.02 Å². The van der Waals surface area contributed by atoms with Crippen LogP contribution in [0.3, 0.4) is 0 Å². The van der Waals surface area contributed by atoms with Crippen molar-refractivity contribution < 1.29 is 23.1 Å². The molecule has 1 aliphatic heterocycles. The van der Waals surface area contributed by atoms with Crippen LogP contribution in [0.5, 0.6) is 11.6 Å². The number of carbonyl (C=O) groups is 1. The summed E-state index contributed by atoms with van der Waals surface area (Å²) in [5.41, 5.74) is 2.92. The Morgan fingerprint density at radius 2 is 1.83 bits per heavy atom. The fourth-order valence-electron chi connectivity index (χ4n) is 5.61. The number of hydrogen-bond donors (Lipinski definition) is 2. The van der Waals surface area contributed by atoms with E-state index in [1.165, 1.54) is 9.21 Å². The normalized spacial score (nSPS) is 15.0. The second-order valence-corrected chi connectivity index (χ2v) is 13.3. The number of nitrogens with one attached hydrogen (secondary N) is 1. The summed E-state index contributed by atoms with van der Waals surface area (Å²) >= 11 is 6.09. The van der Waals surface area contributed by atoms with Gasteiger partial charge in [0.2, 0.25) is 21.9 Å². The number of piperidine rings is 1. The van der Waals surface area contributed by atoms with Gasteiger partial charge in [-0.3, -0.25) is 0 Å². The maximum Gasteiger partial charge on any atom is 0.407 e. The van der Waals surface area contributed by atoms with Crippen LogP contribution in [0.25, 0.3) is 22.0 Å². The predicted octanol–water partition coefficient (Wildman–Crippen LogP) is 7.10. The Morgan fingerprint density at radius 3 is 2.59 bits per heavy atom. The number of fused-ring (bicyclic) bond motifs is 1. The van der Waals surface area contributed by atoms with Crippen molar-refractivity contribution in [1.82, 2.24) is 19.9 Å². The van der Waals surface area contributed by atoms with Gasteiger partial charge in [-0.25, -0.2) is 32.5 Å². The first-order valence-electron chi connectivity index (χ1n) is 14.6. The van der Waals surface area contributed by atoms with E-state index in [0.29, 0.717) is 69.1 Å². The zero-order valence-electron chi connectivity index (χ0n) is 25.1. The lowest BCUT2D eigenvalue weighted by Gasteiger charge is -2.31. The Hall–Kier alpha value is -4.94. The van der Waals surface area contributed by atoms with Crippen LogP contribution < -0.4 is 14.4 Å². The van der Waals surface area contributed by atoms with E-state index in [2.05, 4.69) is 15.3 Å². The molecule has 3 aromatic carbocycles. The molecule has 3 heterocycles. The number of sulfonamides is 1. The quantitative estimate of drug-likeness (QED) is 0.179. The maximum absolute atomic E-state index is 13.1. The summed E-state index contributed by atoms with van der Waals surface area (Å²) in [4.78, 5) is 26.5. The van der Waals surface area contributed by atoms with Gasteiger partial charge in [-0.2, -0.15) is 0 Å². The first-order valence-corrected chi connectivity index (χ1v) is 16.8. The van der Waals surface area contributed by atoms with E-state index in [-0.39, 0.29) is 6.04 Å². The van der Waals surface area contributed by atoms with Gasteiger partial charge in [0, 0.05) is 47.3 Å². The van der Waals surface area contributed by atoms with E-state index in [0.717, 1.165) is 24.7 Å². The lowest BCUT2D eigenvalue weighted by molar-refractivity contribution is 0.132. The molecule has 1 aliphatic rings. The number of nitrogens with zero attached hydrogens (tertiary/aromatic N) is 5. The van der Waals surface area contributed by atoms with Crippen LogP contribution in [0.15, 0.2) is 85.2 Å². The minimum absolute atomic E-state index is 0.114. The highest BCUT2D eigenvalue weighted by Gasteiger charge is 2.25. The third kappa shape index (κ3) is 6.53. The molecule has 2 aromatic heterocycles. The molecule has 11 nitrogen and oxygen atoms in total. The fraction of sp³-hybridized carbons (Fsp3) is 0.212. The Bertz CT molecular complexity index is 2030. The van der Waals surface area contributed by atoms with E-state index in [9.17, 15) is 18.3 Å². The van der Waals surface area contributed by atoms with Crippen molar-refractivity contribution in [2.24, 2.45) is 0 Å². The number of carboxylic acid groups (broad SMARTS) is 1. The minimum atomic E-state index is -3.74. The van der Waals surface area contributed by atoms with Gasteiger partial charge in [0.25, 0.3) is 0 Å². The number of ether oxygens (including phenoxy) is 1. The van der Waals surface area contributed by atoms with Gasteiger partial charge in [0.05, 0.1) is 28.9 Å². The SMILES string of the molecule is Cc1ccc2c(N(c3ccc(Cl)cc3)S(C)(=O)=O)cccc2c1Oc1ncccc1-c1ccnc(NC2CCCN(C(=O)O)C2)n1. The number of pyridine rings is 1. The van der Waals surface area contributed by atoms with Crippen molar-refractivity contribution in [3.05, 3.63) is 95.8 Å². The van der Waals surface area contributed by atoms with E-state index >= 15 is 0 Å². The molecule has 1 fully saturated rings. The first-order chi connectivity index (χ1) is 22.1. The third-order valence-electron chi connectivity index (χ3n) is 7.72. The van der Waals surface area contributed by atoms with E-state index < -0.39 is 16.1 Å². The molecule has 1 amide bonds. The summed E-state index contributed by atoms with van der Waals surface area (Å²) < 4.78 is 34.0. The average molecular weight is 659 g/mol. The van der Waals surface area contributed by atoms with Gasteiger partial charge in [-0.05, 0) is 73.9 Å². The smallest absolute Gasteiger partial charge is 0.407 e. The van der Waals surface area contributed by atoms with E-state index in [4.69, 9.17) is 21.3 Å². The Balaban J connectivity index is 1.36. The van der Waals surface area contributed by atoms with Crippen molar-refractivity contribution >= 4 is 55.8 Å². The van der Waals surface area contributed by atoms with Crippen molar-refractivity contribution in [2.45, 2.75) is 25.8 Å². The summed E-state index contributed by atoms with van der Waals surface area (Å²) in [5, 5.41) is 14.5. The van der Waals surface area contributed by atoms with Crippen LogP contribution in [0.4, 0.5) is 22.1 Å². The maximum atomic E-state index is 13.1. The molecule has 1 atom stereocenters. The molecule has 6 rings (SSSR count). The molecule has 0 radical (unpaired) electrons. The van der Waals surface area contributed by atoms with Gasteiger partial charge in [0.1, 0.15) is 5.75 Å². The molecule has 1 saturated heterocycles. The number of aromatic nitrogens is 3. The van der Waals surface area contributed by atoms with E-state index in [1.807, 2.05) is 31.2 Å². The fourth-order valence-corrected chi connectivity index (χ4v) is 6.76. The molecular weight excluding hydrogens is 628 g/mol. The van der Waals surface area contributed by atoms with Crippen LogP contribution in [-0.4, -0.2) is 64.9 Å². The highest BCUT2D eigenvalue weighted by atomic mass is 35.5. The first kappa shape index (κ1) is 31.1. The molecule has 0 bridgehead atoms. The number of hydrogen-bond acceptors (Lipinski definition) is 8. The summed E-state index contributed by atoms with van der Waals surface area (Å²) in [6.07, 6.45) is 5.02. The van der Waals surface area contributed by atoms with Crippen molar-refractivity contribution in [3.63, 3.8) is 0 Å². The van der Waals surface area contributed by atoms with Crippen LogP contribution in [-0.2, 0) is 10.0 Å². The minimum Gasteiger partial charge on any atom is -0.465 e. The highest BCUT2D eigenvalue weighted by Crippen LogP contribution is 2.41. The van der Waals surface area contributed by atoms with Gasteiger partial charge in [-0.15, -0.1) is 0 Å². The third-order valence-corrected chi connectivity index (χ3v) is 9.05. The molecule has 2 N–H and O–H groups in total. The monoisotopic (exact) mass is 658 g/mol. The van der Waals surface area contributed by atoms with Crippen LogP contribution >= 0.6 is 11.6 Å². The highest BCUT2D eigenvalue weighted by molar-refractivity contribution is 7.92. The Morgan fingerprint density at radius 1 is 1.02 bits per heavy atom. The van der Waals surface area contributed by atoms with Crippen molar-refractivity contribution in [3.8, 4) is 22.9 Å². The number of likely N-dealkylation sites (tertiary alicyclic amines) is 1. The summed E-state index contributed by atoms with van der Waals surface area (Å²) in [5.74, 6) is 1.20. The average Bonchev–Trinajstić information content (AvgIpc) is 3.03. The topological polar surface area (TPSA) is 138 Å². The molecule has 0 spiro atoms. The molecule has 1 unspecified atom stereocenters. The van der Waals surface area contributed by atoms with Crippen LogP contribution in [0.1, 0.15) is 18.4 Å². The van der Waals surface area contributed by atoms with Gasteiger partial charge in [0.15, 0.2) is 0 Å². The largest absolute Gasteiger partial charge is 0.465 e. The van der Waals surface area contributed by atoms with Crippen molar-refractivity contribution in [1.29, 1.82) is 0 Å². The summed E-state index contributed by atoms with van der Waals surface area (Å²) in [6.45, 7) is 2.77. The predicted molar refractivity (Wildman–Crippen MR) is 179 cm³/mol. The van der Waals surface area contributed by atoms with Crippen molar-refractivity contribution in [2.75, 3.05) is 29.0 Å². The number of halogens is 1. The molecule has 13 heteroatoms. The zero-order chi connectivity index (χ0) is 32.4. The zero-order valence-corrected chi connectivity index (χ0v) is 26.7.